The monoisotopic (exact) mass is 279 g/mol. The molecule has 3 aromatic rings. The summed E-state index contributed by atoms with van der Waals surface area (Å²) in [4.78, 5) is 16.4. The highest BCUT2D eigenvalue weighted by molar-refractivity contribution is 6.00. The quantitative estimate of drug-likeness (QED) is 0.784. The van der Waals surface area contributed by atoms with Gasteiger partial charge in [-0.1, -0.05) is 18.2 Å². The molecular weight excluding hydrogens is 262 g/mol. The lowest BCUT2D eigenvalue weighted by Crippen LogP contribution is -2.15. The van der Waals surface area contributed by atoms with Crippen molar-refractivity contribution in [2.24, 2.45) is 12.8 Å². The minimum absolute atomic E-state index is 0.453. The molecule has 1 amide bonds. The van der Waals surface area contributed by atoms with E-state index in [-0.39, 0.29) is 0 Å². The minimum Gasteiger partial charge on any atom is -0.366 e. The Morgan fingerprint density at radius 1 is 1.19 bits per heavy atom. The molecule has 0 fully saturated rings. The Morgan fingerprint density at radius 3 is 2.57 bits per heavy atom. The predicted octanol–water partition coefficient (Wildman–Crippen LogP) is 2.96. The molecule has 0 aliphatic heterocycles. The maximum Gasteiger partial charge on any atom is 0.250 e. The van der Waals surface area contributed by atoms with Gasteiger partial charge in [-0.15, -0.1) is 0 Å². The van der Waals surface area contributed by atoms with Crippen LogP contribution in [0.5, 0.6) is 0 Å². The Bertz CT molecular complexity index is 862. The van der Waals surface area contributed by atoms with Crippen LogP contribution in [0.25, 0.3) is 22.3 Å². The molecule has 0 saturated heterocycles. The second-order valence-electron chi connectivity index (χ2n) is 5.30. The lowest BCUT2D eigenvalue weighted by molar-refractivity contribution is 0.100. The van der Waals surface area contributed by atoms with Crippen molar-refractivity contribution in [1.82, 2.24) is 9.55 Å². The van der Waals surface area contributed by atoms with E-state index in [9.17, 15) is 4.79 Å². The van der Waals surface area contributed by atoms with E-state index in [0.29, 0.717) is 11.3 Å². The van der Waals surface area contributed by atoms with E-state index in [0.717, 1.165) is 27.9 Å². The van der Waals surface area contributed by atoms with Crippen LogP contribution in [0.1, 0.15) is 21.6 Å². The van der Waals surface area contributed by atoms with Crippen LogP contribution in [0.15, 0.2) is 36.4 Å². The number of carbonyl (C=O) groups is 1. The van der Waals surface area contributed by atoms with Crippen molar-refractivity contribution in [3.8, 4) is 11.4 Å². The molecule has 4 nitrogen and oxygen atoms in total. The summed E-state index contributed by atoms with van der Waals surface area (Å²) in [6.07, 6.45) is 0. The van der Waals surface area contributed by atoms with Gasteiger partial charge in [0.25, 0.3) is 5.91 Å². The van der Waals surface area contributed by atoms with Crippen molar-refractivity contribution in [2.75, 3.05) is 0 Å². The number of hydrogen-bond acceptors (Lipinski definition) is 2. The summed E-state index contributed by atoms with van der Waals surface area (Å²) in [5, 5.41) is 1.12. The van der Waals surface area contributed by atoms with Crippen molar-refractivity contribution in [2.45, 2.75) is 13.8 Å². The van der Waals surface area contributed by atoms with Gasteiger partial charge in [-0.3, -0.25) is 9.78 Å². The van der Waals surface area contributed by atoms with Gasteiger partial charge < -0.3 is 10.3 Å². The van der Waals surface area contributed by atoms with E-state index < -0.39 is 5.91 Å². The topological polar surface area (TPSA) is 60.9 Å². The van der Waals surface area contributed by atoms with E-state index in [4.69, 9.17) is 5.73 Å². The fraction of sp³-hybridized carbons (Fsp3) is 0.176. The molecule has 0 atom stereocenters. The summed E-state index contributed by atoms with van der Waals surface area (Å²) in [6, 6.07) is 11.9. The SMILES string of the molecule is Cc1cc(C(N)=O)c(-c2cc3ccccc3n2C)nc1C. The van der Waals surface area contributed by atoms with Gasteiger partial charge in [-0.2, -0.15) is 0 Å². The highest BCUT2D eigenvalue weighted by Crippen LogP contribution is 2.29. The number of carbonyl (C=O) groups excluding carboxylic acids is 1. The van der Waals surface area contributed by atoms with Crippen LogP contribution < -0.4 is 5.73 Å². The normalized spacial score (nSPS) is 11.0. The number of nitrogens with zero attached hydrogens (tertiary/aromatic N) is 2. The first-order valence-corrected chi connectivity index (χ1v) is 6.82. The minimum atomic E-state index is -0.453. The third-order valence-corrected chi connectivity index (χ3v) is 3.93. The maximum absolute atomic E-state index is 11.8. The van der Waals surface area contributed by atoms with Crippen LogP contribution in [0.3, 0.4) is 0 Å². The largest absolute Gasteiger partial charge is 0.366 e. The zero-order valence-corrected chi connectivity index (χ0v) is 12.3. The molecule has 2 heterocycles. The highest BCUT2D eigenvalue weighted by atomic mass is 16.1. The van der Waals surface area contributed by atoms with E-state index >= 15 is 0 Å². The molecule has 0 bridgehead atoms. The van der Waals surface area contributed by atoms with Crippen LogP contribution >= 0.6 is 0 Å². The number of benzene rings is 1. The van der Waals surface area contributed by atoms with E-state index in [1.54, 1.807) is 0 Å². The molecular formula is C17H17N3O. The summed E-state index contributed by atoms with van der Waals surface area (Å²) in [5.41, 5.74) is 10.5. The summed E-state index contributed by atoms with van der Waals surface area (Å²) < 4.78 is 2.04. The third-order valence-electron chi connectivity index (χ3n) is 3.93. The zero-order chi connectivity index (χ0) is 15.1. The molecule has 2 aromatic heterocycles. The van der Waals surface area contributed by atoms with Crippen LogP contribution in [0, 0.1) is 13.8 Å². The van der Waals surface area contributed by atoms with Crippen LogP contribution in [-0.2, 0) is 7.05 Å². The molecule has 0 aliphatic rings. The van der Waals surface area contributed by atoms with Crippen LogP contribution in [0.4, 0.5) is 0 Å². The Morgan fingerprint density at radius 2 is 1.90 bits per heavy atom. The van der Waals surface area contributed by atoms with Crippen LogP contribution in [-0.4, -0.2) is 15.5 Å². The van der Waals surface area contributed by atoms with E-state index in [1.807, 2.05) is 61.9 Å². The number of hydrogen-bond donors (Lipinski definition) is 1. The maximum atomic E-state index is 11.8. The van der Waals surface area contributed by atoms with Gasteiger partial charge in [0.2, 0.25) is 0 Å². The number of aromatic nitrogens is 2. The van der Waals surface area contributed by atoms with Gasteiger partial charge in [0, 0.05) is 23.6 Å². The number of fused-ring (bicyclic) bond motifs is 1. The molecule has 0 unspecified atom stereocenters. The molecule has 0 saturated carbocycles. The Hall–Kier alpha value is -2.62. The van der Waals surface area contributed by atoms with Gasteiger partial charge >= 0.3 is 0 Å². The third kappa shape index (κ3) is 2.09. The first-order chi connectivity index (χ1) is 9.99. The van der Waals surface area contributed by atoms with Crippen molar-refractivity contribution in [1.29, 1.82) is 0 Å². The average molecular weight is 279 g/mol. The summed E-state index contributed by atoms with van der Waals surface area (Å²) in [7, 11) is 1.97. The number of para-hydroxylation sites is 1. The fourth-order valence-electron chi connectivity index (χ4n) is 2.60. The molecule has 21 heavy (non-hydrogen) atoms. The van der Waals surface area contributed by atoms with E-state index in [2.05, 4.69) is 4.98 Å². The molecule has 0 spiro atoms. The lowest BCUT2D eigenvalue weighted by Gasteiger charge is -2.10. The molecule has 4 heteroatoms. The first kappa shape index (κ1) is 13.4. The molecule has 3 rings (SSSR count). The average Bonchev–Trinajstić information content (AvgIpc) is 2.79. The van der Waals surface area contributed by atoms with Gasteiger partial charge in [-0.05, 0) is 37.6 Å². The van der Waals surface area contributed by atoms with Gasteiger partial charge in [0.1, 0.15) is 0 Å². The first-order valence-electron chi connectivity index (χ1n) is 6.82. The molecule has 0 radical (unpaired) electrons. The van der Waals surface area contributed by atoms with Crippen molar-refractivity contribution < 1.29 is 4.79 Å². The molecule has 1 aromatic carbocycles. The second-order valence-corrected chi connectivity index (χ2v) is 5.30. The van der Waals surface area contributed by atoms with Crippen LogP contribution in [0.2, 0.25) is 0 Å². The van der Waals surface area contributed by atoms with E-state index in [1.165, 1.54) is 0 Å². The second kappa shape index (κ2) is 4.74. The van der Waals surface area contributed by atoms with Gasteiger partial charge in [0.15, 0.2) is 0 Å². The molecule has 106 valence electrons. The fourth-order valence-corrected chi connectivity index (χ4v) is 2.60. The zero-order valence-electron chi connectivity index (χ0n) is 12.3. The summed E-state index contributed by atoms with van der Waals surface area (Å²) in [5.74, 6) is -0.453. The Balaban J connectivity index is 2.34. The number of amides is 1. The Labute approximate surface area is 123 Å². The lowest BCUT2D eigenvalue weighted by atomic mass is 10.1. The van der Waals surface area contributed by atoms with Crippen molar-refractivity contribution >= 4 is 16.8 Å². The standard InChI is InChI=1S/C17H17N3O/c1-10-8-13(17(18)21)16(19-11(10)2)15-9-12-6-4-5-7-14(12)20(15)3/h4-9H,1-3H3,(H2,18,21). The number of nitrogens with two attached hydrogens (primary N) is 1. The van der Waals surface area contributed by atoms with Gasteiger partial charge in [0.05, 0.1) is 17.0 Å². The smallest absolute Gasteiger partial charge is 0.250 e. The number of primary amides is 1. The predicted molar refractivity (Wildman–Crippen MR) is 84.1 cm³/mol. The molecule has 0 aliphatic carbocycles. The highest BCUT2D eigenvalue weighted by Gasteiger charge is 2.17. The number of aryl methyl sites for hydroxylation is 3. The number of pyridine rings is 1. The number of rotatable bonds is 2. The Kier molecular flexibility index (Phi) is 3.01. The van der Waals surface area contributed by atoms with Gasteiger partial charge in [-0.25, -0.2) is 0 Å². The molecule has 2 N–H and O–H groups in total. The summed E-state index contributed by atoms with van der Waals surface area (Å²) >= 11 is 0. The van der Waals surface area contributed by atoms with Crippen molar-refractivity contribution in [3.05, 3.63) is 53.2 Å². The summed E-state index contributed by atoms with van der Waals surface area (Å²) in [6.45, 7) is 3.87. The van der Waals surface area contributed by atoms with Crippen molar-refractivity contribution in [3.63, 3.8) is 0 Å².